The van der Waals surface area contributed by atoms with Crippen molar-refractivity contribution in [3.8, 4) is 17.2 Å². The van der Waals surface area contributed by atoms with Gasteiger partial charge < -0.3 is 14.2 Å². The molecule has 0 spiro atoms. The van der Waals surface area contributed by atoms with Crippen LogP contribution in [0.4, 0.5) is 0 Å². The van der Waals surface area contributed by atoms with Crippen LogP contribution in [0.2, 0.25) is 0 Å². The average Bonchev–Trinajstić information content (AvgIpc) is 3.26. The van der Waals surface area contributed by atoms with Crippen LogP contribution in [0.3, 0.4) is 0 Å². The number of nitrogens with zero attached hydrogens (tertiary/aromatic N) is 4. The second-order valence-electron chi connectivity index (χ2n) is 5.84. The van der Waals surface area contributed by atoms with Crippen LogP contribution < -0.4 is 4.74 Å². The Hall–Kier alpha value is -3.22. The predicted molar refractivity (Wildman–Crippen MR) is 92.4 cm³/mol. The minimum absolute atomic E-state index is 0.0200. The molecule has 3 heterocycles. The molecule has 0 saturated carbocycles. The number of pyridine rings is 1. The van der Waals surface area contributed by atoms with Gasteiger partial charge in [0.25, 0.3) is 5.89 Å². The molecular formula is C18H17N5O2. The Morgan fingerprint density at radius 2 is 2.08 bits per heavy atom. The van der Waals surface area contributed by atoms with Crippen LogP contribution in [-0.4, -0.2) is 32.2 Å². The third kappa shape index (κ3) is 2.73. The third-order valence-corrected chi connectivity index (χ3v) is 4.16. The molecule has 1 unspecified atom stereocenters. The number of methoxy groups -OCH3 is 1. The summed E-state index contributed by atoms with van der Waals surface area (Å²) in [5.41, 5.74) is 3.28. The van der Waals surface area contributed by atoms with Crippen molar-refractivity contribution in [2.24, 2.45) is 0 Å². The van der Waals surface area contributed by atoms with Gasteiger partial charge in [0, 0.05) is 12.1 Å². The highest BCUT2D eigenvalue weighted by Crippen LogP contribution is 2.29. The molecule has 0 saturated heterocycles. The first kappa shape index (κ1) is 15.3. The molecule has 1 N–H and O–H groups in total. The van der Waals surface area contributed by atoms with E-state index in [2.05, 4.69) is 25.1 Å². The van der Waals surface area contributed by atoms with Crippen molar-refractivity contribution in [1.29, 1.82) is 0 Å². The number of nitrogens with one attached hydrogen (secondary N) is 1. The number of aromatic nitrogens is 5. The van der Waals surface area contributed by atoms with Crippen LogP contribution in [0.15, 0.2) is 41.1 Å². The standard InChI is InChI=1S/C18H17N5O2/c1-10(12-5-4-6-13(9-12)24-3)16-22-18(25-23-16)14-7-8-19-17-15(14)20-11(2)21-17/h4-10H,1-3H3,(H,19,20,21). The normalized spacial score (nSPS) is 12.4. The molecule has 0 aliphatic heterocycles. The summed E-state index contributed by atoms with van der Waals surface area (Å²) in [6.07, 6.45) is 1.69. The van der Waals surface area contributed by atoms with Gasteiger partial charge in [0.05, 0.1) is 18.2 Å². The number of hydrogen-bond acceptors (Lipinski definition) is 6. The Bertz CT molecular complexity index is 1040. The Balaban J connectivity index is 1.71. The maximum atomic E-state index is 5.50. The van der Waals surface area contributed by atoms with Crippen molar-refractivity contribution in [1.82, 2.24) is 25.1 Å². The number of aryl methyl sites for hydroxylation is 1. The zero-order chi connectivity index (χ0) is 17.4. The largest absolute Gasteiger partial charge is 0.497 e. The third-order valence-electron chi connectivity index (χ3n) is 4.16. The number of rotatable bonds is 4. The second kappa shape index (κ2) is 6.01. The lowest BCUT2D eigenvalue weighted by Gasteiger charge is -2.08. The lowest BCUT2D eigenvalue weighted by Crippen LogP contribution is -1.99. The van der Waals surface area contributed by atoms with E-state index in [9.17, 15) is 0 Å². The molecule has 126 valence electrons. The predicted octanol–water partition coefficient (Wildman–Crippen LogP) is 3.48. The van der Waals surface area contributed by atoms with Crippen molar-refractivity contribution in [3.05, 3.63) is 53.7 Å². The average molecular weight is 335 g/mol. The fraction of sp³-hybridized carbons (Fsp3) is 0.222. The van der Waals surface area contributed by atoms with E-state index in [0.717, 1.165) is 28.2 Å². The van der Waals surface area contributed by atoms with Crippen LogP contribution >= 0.6 is 0 Å². The molecule has 0 amide bonds. The van der Waals surface area contributed by atoms with Crippen LogP contribution in [0, 0.1) is 6.92 Å². The molecular weight excluding hydrogens is 318 g/mol. The van der Waals surface area contributed by atoms with E-state index in [1.807, 2.05) is 44.2 Å². The summed E-state index contributed by atoms with van der Waals surface area (Å²) in [7, 11) is 1.65. The van der Waals surface area contributed by atoms with Crippen LogP contribution in [0.1, 0.15) is 30.1 Å². The number of hydrogen-bond donors (Lipinski definition) is 1. The Morgan fingerprint density at radius 3 is 2.92 bits per heavy atom. The first-order valence-electron chi connectivity index (χ1n) is 7.95. The van der Waals surface area contributed by atoms with Crippen molar-refractivity contribution in [3.63, 3.8) is 0 Å². The van der Waals surface area contributed by atoms with Gasteiger partial charge in [-0.3, -0.25) is 0 Å². The fourth-order valence-electron chi connectivity index (χ4n) is 2.78. The minimum atomic E-state index is -0.0200. The molecule has 4 rings (SSSR count). The minimum Gasteiger partial charge on any atom is -0.497 e. The van der Waals surface area contributed by atoms with E-state index in [-0.39, 0.29) is 5.92 Å². The lowest BCUT2D eigenvalue weighted by molar-refractivity contribution is 0.413. The summed E-state index contributed by atoms with van der Waals surface area (Å²) in [5.74, 6) is 2.63. The van der Waals surface area contributed by atoms with Gasteiger partial charge in [-0.05, 0) is 30.7 Å². The number of ether oxygens (including phenoxy) is 1. The zero-order valence-electron chi connectivity index (χ0n) is 14.1. The van der Waals surface area contributed by atoms with E-state index < -0.39 is 0 Å². The lowest BCUT2D eigenvalue weighted by atomic mass is 10.0. The van der Waals surface area contributed by atoms with E-state index >= 15 is 0 Å². The smallest absolute Gasteiger partial charge is 0.260 e. The second-order valence-corrected chi connectivity index (χ2v) is 5.84. The first-order valence-corrected chi connectivity index (χ1v) is 7.95. The van der Waals surface area contributed by atoms with Crippen LogP contribution in [0.5, 0.6) is 5.75 Å². The number of fused-ring (bicyclic) bond motifs is 1. The summed E-state index contributed by atoms with van der Waals surface area (Å²) in [5, 5.41) is 4.16. The number of aromatic amines is 1. The van der Waals surface area contributed by atoms with Gasteiger partial charge in [0.1, 0.15) is 11.6 Å². The van der Waals surface area contributed by atoms with Gasteiger partial charge >= 0.3 is 0 Å². The number of imidazole rings is 1. The van der Waals surface area contributed by atoms with Gasteiger partial charge in [-0.25, -0.2) is 9.97 Å². The first-order chi connectivity index (χ1) is 12.2. The van der Waals surface area contributed by atoms with Gasteiger partial charge in [-0.15, -0.1) is 0 Å². The fourth-order valence-corrected chi connectivity index (χ4v) is 2.78. The molecule has 25 heavy (non-hydrogen) atoms. The molecule has 1 atom stereocenters. The molecule has 3 aromatic heterocycles. The summed E-state index contributed by atoms with van der Waals surface area (Å²) < 4.78 is 10.8. The summed E-state index contributed by atoms with van der Waals surface area (Å²) in [4.78, 5) is 16.4. The van der Waals surface area contributed by atoms with E-state index in [4.69, 9.17) is 9.26 Å². The molecule has 7 heteroatoms. The SMILES string of the molecule is COc1cccc(C(C)c2noc(-c3ccnc4nc(C)[nH]c34)n2)c1. The maximum Gasteiger partial charge on any atom is 0.260 e. The molecule has 1 aromatic carbocycles. The molecule has 0 aliphatic rings. The van der Waals surface area contributed by atoms with Crippen molar-refractivity contribution in [2.45, 2.75) is 19.8 Å². The molecule has 7 nitrogen and oxygen atoms in total. The quantitative estimate of drug-likeness (QED) is 0.614. The van der Waals surface area contributed by atoms with Crippen LogP contribution in [0.25, 0.3) is 22.6 Å². The molecule has 0 fully saturated rings. The molecule has 4 aromatic rings. The van der Waals surface area contributed by atoms with Gasteiger partial charge in [-0.2, -0.15) is 4.98 Å². The topological polar surface area (TPSA) is 89.7 Å². The molecule has 0 bridgehead atoms. The van der Waals surface area contributed by atoms with Gasteiger partial charge in [-0.1, -0.05) is 24.2 Å². The monoisotopic (exact) mass is 335 g/mol. The highest BCUT2D eigenvalue weighted by Gasteiger charge is 2.19. The van der Waals surface area contributed by atoms with Crippen molar-refractivity contribution < 1.29 is 9.26 Å². The van der Waals surface area contributed by atoms with E-state index in [1.54, 1.807) is 13.3 Å². The number of H-pyrrole nitrogens is 1. The summed E-state index contributed by atoms with van der Waals surface area (Å²) in [6.45, 7) is 3.92. The Kier molecular flexibility index (Phi) is 3.68. The highest BCUT2D eigenvalue weighted by molar-refractivity contribution is 5.86. The van der Waals surface area contributed by atoms with Crippen LogP contribution in [-0.2, 0) is 0 Å². The van der Waals surface area contributed by atoms with Crippen molar-refractivity contribution in [2.75, 3.05) is 7.11 Å². The van der Waals surface area contributed by atoms with E-state index in [0.29, 0.717) is 17.4 Å². The summed E-state index contributed by atoms with van der Waals surface area (Å²) in [6, 6.07) is 9.70. The van der Waals surface area contributed by atoms with Crippen molar-refractivity contribution >= 4 is 11.2 Å². The highest BCUT2D eigenvalue weighted by atomic mass is 16.5. The van der Waals surface area contributed by atoms with Gasteiger partial charge in [0.15, 0.2) is 11.5 Å². The number of benzene rings is 1. The van der Waals surface area contributed by atoms with Gasteiger partial charge in [0.2, 0.25) is 0 Å². The summed E-state index contributed by atoms with van der Waals surface area (Å²) >= 11 is 0. The Morgan fingerprint density at radius 1 is 1.20 bits per heavy atom. The zero-order valence-corrected chi connectivity index (χ0v) is 14.1. The molecule has 0 radical (unpaired) electrons. The Labute approximate surface area is 144 Å². The van der Waals surface area contributed by atoms with E-state index in [1.165, 1.54) is 0 Å². The molecule has 0 aliphatic carbocycles. The maximum absolute atomic E-state index is 5.50.